The maximum Gasteiger partial charge on any atom is 0.160 e. The van der Waals surface area contributed by atoms with Crippen molar-refractivity contribution in [3.05, 3.63) is 407 Å². The van der Waals surface area contributed by atoms with Gasteiger partial charge in [-0.2, -0.15) is 0 Å². The van der Waals surface area contributed by atoms with Gasteiger partial charge in [0.05, 0.1) is 55.6 Å². The van der Waals surface area contributed by atoms with Crippen LogP contribution in [0.4, 0.5) is 0 Å². The van der Waals surface area contributed by atoms with E-state index in [1.54, 1.807) is 12.4 Å². The fourth-order valence-corrected chi connectivity index (χ4v) is 16.4. The molecule has 0 radical (unpaired) electrons. The second kappa shape index (κ2) is 29.4. The lowest BCUT2D eigenvalue weighted by Gasteiger charge is -2.12. The minimum atomic E-state index is 0.649. The highest BCUT2D eigenvalue weighted by Crippen LogP contribution is 2.49. The van der Waals surface area contributed by atoms with Gasteiger partial charge in [0.2, 0.25) is 0 Å². The highest BCUT2D eigenvalue weighted by molar-refractivity contribution is 6.24. The summed E-state index contributed by atoms with van der Waals surface area (Å²) in [7, 11) is 0. The number of pyridine rings is 5. The van der Waals surface area contributed by atoms with Gasteiger partial charge in [0, 0.05) is 133 Å². The molecule has 0 aliphatic rings. The summed E-state index contributed by atoms with van der Waals surface area (Å²) in [6.45, 7) is 0. The third kappa shape index (κ3) is 12.5. The lowest BCUT2D eigenvalue weighted by Crippen LogP contribution is -1.97. The van der Waals surface area contributed by atoms with Gasteiger partial charge in [-0.25, -0.2) is 15.0 Å². The summed E-state index contributed by atoms with van der Waals surface area (Å²) in [5.41, 5.74) is 30.0. The first-order valence-electron chi connectivity index (χ1n) is 38.7. The van der Waals surface area contributed by atoms with E-state index in [4.69, 9.17) is 23.8 Å². The SMILES string of the molecule is c1ccc(-c2oc3c(ccc4c3c3ccccc3n4-c3ccc(-c4cc(-c5ccc(-c6ccncc6)cc5)cc(-c5ccncc5)n4)cc3)c2-c2ccccc2)cc1.c1ccc(-c2oc3c(ccc4c3c3ccccc3n4-c3ccc(-c4nc(-c5ccncc5)cc(-c5ccc(-c6ccncc6)cc5)n4)cc3)c2-c2ccccc2)cc1. The van der Waals surface area contributed by atoms with Crippen LogP contribution >= 0.6 is 0 Å². The number of fused-ring (bicyclic) bond motifs is 10. The van der Waals surface area contributed by atoms with Crippen LogP contribution in [0.2, 0.25) is 0 Å². The van der Waals surface area contributed by atoms with Crippen molar-refractivity contribution in [1.29, 1.82) is 0 Å². The minimum absolute atomic E-state index is 0.649. The average molecular weight is 1490 g/mol. The van der Waals surface area contributed by atoms with Gasteiger partial charge >= 0.3 is 0 Å². The van der Waals surface area contributed by atoms with Gasteiger partial charge in [-0.15, -0.1) is 0 Å². The Bertz CT molecular complexity index is 6900. The normalized spacial score (nSPS) is 11.4. The number of para-hydroxylation sites is 2. The highest BCUT2D eigenvalue weighted by atomic mass is 16.3. The highest BCUT2D eigenvalue weighted by Gasteiger charge is 2.27. The molecule has 0 saturated carbocycles. The molecule has 10 aromatic heterocycles. The molecule has 0 amide bonds. The monoisotopic (exact) mass is 1490 g/mol. The largest absolute Gasteiger partial charge is 0.455 e. The number of furan rings is 2. The van der Waals surface area contributed by atoms with E-state index in [2.05, 4.69) is 326 Å². The van der Waals surface area contributed by atoms with Gasteiger partial charge < -0.3 is 18.0 Å². The summed E-state index contributed by atoms with van der Waals surface area (Å²) < 4.78 is 18.6. The molecule has 22 rings (SSSR count). The van der Waals surface area contributed by atoms with Crippen molar-refractivity contribution in [3.63, 3.8) is 0 Å². The van der Waals surface area contributed by atoms with Crippen LogP contribution in [0.3, 0.4) is 0 Å². The van der Waals surface area contributed by atoms with Crippen molar-refractivity contribution < 1.29 is 8.83 Å². The number of hydrogen-bond donors (Lipinski definition) is 0. The second-order valence-electron chi connectivity index (χ2n) is 28.7. The lowest BCUT2D eigenvalue weighted by molar-refractivity contribution is 0.635. The second-order valence-corrected chi connectivity index (χ2v) is 28.7. The number of rotatable bonds is 14. The topological polar surface area (TPSA) is 126 Å². The van der Waals surface area contributed by atoms with Crippen molar-refractivity contribution in [2.45, 2.75) is 0 Å². The van der Waals surface area contributed by atoms with Crippen molar-refractivity contribution in [2.75, 3.05) is 0 Å². The molecule has 12 aromatic carbocycles. The zero-order valence-electron chi connectivity index (χ0n) is 62.5. The van der Waals surface area contributed by atoms with Gasteiger partial charge in [0.25, 0.3) is 0 Å². The van der Waals surface area contributed by atoms with Crippen LogP contribution in [0, 0.1) is 0 Å². The van der Waals surface area contributed by atoms with Crippen molar-refractivity contribution in [2.24, 2.45) is 0 Å². The zero-order chi connectivity index (χ0) is 76.8. The summed E-state index contributed by atoms with van der Waals surface area (Å²) in [5.74, 6) is 2.39. The standard InChI is InChI=1S/C53H34N4O.C52H33N5O/c1-3-9-40(10-4-1)50-45-23-24-49-51(53(45)58-52(50)41-11-5-2-6-12-41)44-13-7-8-14-48(44)57(49)43-21-19-38(20-22-43)46-33-42(34-47(56-46)39-27-31-55-32-28-39)36-17-15-35(16-18-36)37-25-29-54-30-26-37;1-3-9-38(10-4-1)48-43-23-24-47-49(51(43)58-50(48)39-11-5-2-6-12-39)42-13-7-8-14-46(42)57(47)41-21-19-40(20-22-41)52-55-44(33-45(56-52)37-27-31-54-32-28-37)36-17-15-34(16-18-36)35-25-29-53-30-26-35/h1-34H;1-33H. The summed E-state index contributed by atoms with van der Waals surface area (Å²) in [5, 5.41) is 6.65. The van der Waals surface area contributed by atoms with E-state index in [-0.39, 0.29) is 0 Å². The molecule has 0 bridgehead atoms. The van der Waals surface area contributed by atoms with E-state index < -0.39 is 0 Å². The molecular weight excluding hydrogens is 1420 g/mol. The van der Waals surface area contributed by atoms with E-state index in [1.807, 2.05) is 97.8 Å². The Morgan fingerprint density at radius 3 is 0.897 bits per heavy atom. The molecule has 0 aliphatic carbocycles. The van der Waals surface area contributed by atoms with Gasteiger partial charge in [-0.1, -0.05) is 218 Å². The number of aromatic nitrogens is 9. The predicted octanol–water partition coefficient (Wildman–Crippen LogP) is 26.8. The fourth-order valence-electron chi connectivity index (χ4n) is 16.4. The number of hydrogen-bond acceptors (Lipinski definition) is 9. The Morgan fingerprint density at radius 2 is 0.500 bits per heavy atom. The Morgan fingerprint density at radius 1 is 0.198 bits per heavy atom. The molecule has 11 heteroatoms. The Kier molecular flexibility index (Phi) is 17.3. The summed E-state index contributed by atoms with van der Waals surface area (Å²) in [6, 6.07) is 125. The molecule has 544 valence electrons. The molecule has 11 nitrogen and oxygen atoms in total. The third-order valence-electron chi connectivity index (χ3n) is 21.9. The average Bonchev–Trinajstić information content (AvgIpc) is 1.56. The van der Waals surface area contributed by atoms with Crippen LogP contribution in [0.15, 0.2) is 416 Å². The molecule has 0 aliphatic heterocycles. The molecule has 10 heterocycles. The molecular formula is C105H67N9O2. The molecule has 0 saturated heterocycles. The molecule has 0 spiro atoms. The summed E-state index contributed by atoms with van der Waals surface area (Å²) in [6.07, 6.45) is 14.5. The zero-order valence-corrected chi connectivity index (χ0v) is 62.5. The number of benzene rings is 12. The minimum Gasteiger partial charge on any atom is -0.455 e. The van der Waals surface area contributed by atoms with E-state index in [9.17, 15) is 0 Å². The Balaban J connectivity index is 0.000000145. The predicted molar refractivity (Wildman–Crippen MR) is 471 cm³/mol. The van der Waals surface area contributed by atoms with Gasteiger partial charge in [0.1, 0.15) is 22.7 Å². The molecule has 0 unspecified atom stereocenters. The smallest absolute Gasteiger partial charge is 0.160 e. The van der Waals surface area contributed by atoms with Crippen LogP contribution in [0.25, 0.3) is 212 Å². The first-order chi connectivity index (χ1) is 57.5. The molecule has 0 atom stereocenters. The van der Waals surface area contributed by atoms with E-state index in [0.717, 1.165) is 206 Å². The van der Waals surface area contributed by atoms with Gasteiger partial charge in [-0.3, -0.25) is 19.9 Å². The van der Waals surface area contributed by atoms with Crippen LogP contribution in [0.1, 0.15) is 0 Å². The molecule has 0 fully saturated rings. The van der Waals surface area contributed by atoms with E-state index in [0.29, 0.717) is 5.82 Å². The van der Waals surface area contributed by atoms with Crippen molar-refractivity contribution in [3.8, 4) is 146 Å². The van der Waals surface area contributed by atoms with Crippen LogP contribution in [-0.4, -0.2) is 44.0 Å². The van der Waals surface area contributed by atoms with E-state index >= 15 is 0 Å². The summed E-state index contributed by atoms with van der Waals surface area (Å²) >= 11 is 0. The first kappa shape index (κ1) is 68.2. The number of nitrogens with zero attached hydrogens (tertiary/aromatic N) is 9. The van der Waals surface area contributed by atoms with Crippen molar-refractivity contribution >= 4 is 65.6 Å². The quantitative estimate of drug-likeness (QED) is 0.105. The van der Waals surface area contributed by atoms with E-state index in [1.165, 1.54) is 0 Å². The van der Waals surface area contributed by atoms with Crippen LogP contribution in [0.5, 0.6) is 0 Å². The first-order valence-corrected chi connectivity index (χ1v) is 38.7. The molecule has 0 N–H and O–H groups in total. The third-order valence-corrected chi connectivity index (χ3v) is 21.9. The van der Waals surface area contributed by atoms with Crippen LogP contribution in [-0.2, 0) is 0 Å². The van der Waals surface area contributed by atoms with Gasteiger partial charge in [-0.05, 0) is 184 Å². The molecule has 22 aromatic rings. The van der Waals surface area contributed by atoms with Crippen LogP contribution < -0.4 is 0 Å². The maximum absolute atomic E-state index is 6.98. The summed E-state index contributed by atoms with van der Waals surface area (Å²) in [4.78, 5) is 32.3. The Hall–Kier alpha value is -15.9. The Labute approximate surface area is 667 Å². The maximum atomic E-state index is 6.98. The molecule has 116 heavy (non-hydrogen) atoms. The lowest BCUT2D eigenvalue weighted by atomic mass is 9.98. The van der Waals surface area contributed by atoms with Crippen molar-refractivity contribution in [1.82, 2.24) is 44.0 Å². The van der Waals surface area contributed by atoms with Gasteiger partial charge in [0.15, 0.2) is 5.82 Å². The fraction of sp³-hybridized carbons (Fsp3) is 0.